The number of aliphatic carboxylic acids is 1. The van der Waals surface area contributed by atoms with E-state index in [-0.39, 0.29) is 19.4 Å². The fourth-order valence-corrected chi connectivity index (χ4v) is 3.45. The summed E-state index contributed by atoms with van der Waals surface area (Å²) >= 11 is 0. The molecule has 0 spiro atoms. The van der Waals surface area contributed by atoms with Crippen molar-refractivity contribution in [1.82, 2.24) is 4.90 Å². The Labute approximate surface area is 182 Å². The van der Waals surface area contributed by atoms with Crippen molar-refractivity contribution >= 4 is 11.9 Å². The molecule has 0 amide bonds. The fourth-order valence-electron chi connectivity index (χ4n) is 3.45. The van der Waals surface area contributed by atoms with Crippen LogP contribution in [0.5, 0.6) is 0 Å². The highest BCUT2D eigenvalue weighted by molar-refractivity contribution is 5.77. The number of carbonyl (C=O) groups excluding carboxylic acids is 1. The number of hydrogen-bond acceptors (Lipinski definition) is 4. The number of rotatable bonds is 11. The fraction of sp³-hybridized carbons (Fsp3) is 0.231. The van der Waals surface area contributed by atoms with Crippen molar-refractivity contribution in [2.24, 2.45) is 0 Å². The van der Waals surface area contributed by atoms with Gasteiger partial charge in [0.1, 0.15) is 12.6 Å². The highest BCUT2D eigenvalue weighted by atomic mass is 16.5. The second-order valence-corrected chi connectivity index (χ2v) is 7.42. The van der Waals surface area contributed by atoms with Crippen molar-refractivity contribution in [3.63, 3.8) is 0 Å². The summed E-state index contributed by atoms with van der Waals surface area (Å²) in [6.07, 6.45) is 0.0772. The summed E-state index contributed by atoms with van der Waals surface area (Å²) in [6.45, 7) is 1.19. The lowest BCUT2D eigenvalue weighted by molar-refractivity contribution is -0.152. The molecule has 31 heavy (non-hydrogen) atoms. The average Bonchev–Trinajstić information content (AvgIpc) is 2.79. The molecule has 0 heterocycles. The van der Waals surface area contributed by atoms with Crippen molar-refractivity contribution in [1.29, 1.82) is 0 Å². The van der Waals surface area contributed by atoms with E-state index in [4.69, 9.17) is 4.74 Å². The maximum absolute atomic E-state index is 13.1. The van der Waals surface area contributed by atoms with Crippen LogP contribution in [0.3, 0.4) is 0 Å². The standard InChI is InChI=1S/C26H27NO4/c28-25(29)17-16-24(26(30)31-20-23-14-8-3-9-15-23)27(18-21-10-4-1-5-11-21)19-22-12-6-2-7-13-22/h1-15,24H,16-20H2,(H,28,29)/t24-/m0/s1. The van der Waals surface area contributed by atoms with Gasteiger partial charge in [-0.1, -0.05) is 91.0 Å². The number of carboxylic acid groups (broad SMARTS) is 1. The Balaban J connectivity index is 1.81. The summed E-state index contributed by atoms with van der Waals surface area (Å²) in [6, 6.07) is 28.5. The first-order chi connectivity index (χ1) is 15.1. The maximum Gasteiger partial charge on any atom is 0.323 e. The van der Waals surface area contributed by atoms with Crippen LogP contribution in [0.4, 0.5) is 0 Å². The Kier molecular flexibility index (Phi) is 8.38. The molecule has 0 aliphatic carbocycles. The minimum atomic E-state index is -0.930. The number of benzene rings is 3. The monoisotopic (exact) mass is 417 g/mol. The predicted octanol–water partition coefficient (Wildman–Crippen LogP) is 4.67. The highest BCUT2D eigenvalue weighted by Crippen LogP contribution is 2.19. The summed E-state index contributed by atoms with van der Waals surface area (Å²) < 4.78 is 5.61. The molecule has 160 valence electrons. The van der Waals surface area contributed by atoms with Crippen LogP contribution in [0.1, 0.15) is 29.5 Å². The molecule has 1 N–H and O–H groups in total. The van der Waals surface area contributed by atoms with Crippen LogP contribution in [-0.2, 0) is 34.0 Å². The Morgan fingerprint density at radius 1 is 0.742 bits per heavy atom. The van der Waals surface area contributed by atoms with Crippen LogP contribution in [0, 0.1) is 0 Å². The van der Waals surface area contributed by atoms with Gasteiger partial charge in [-0.3, -0.25) is 14.5 Å². The summed E-state index contributed by atoms with van der Waals surface area (Å²) in [5.41, 5.74) is 3.00. The maximum atomic E-state index is 13.1. The minimum absolute atomic E-state index is 0.106. The first kappa shape index (κ1) is 22.2. The van der Waals surface area contributed by atoms with Gasteiger partial charge in [0.15, 0.2) is 0 Å². The lowest BCUT2D eigenvalue weighted by atomic mass is 10.1. The molecule has 0 aromatic heterocycles. The Hall–Kier alpha value is -3.44. The number of nitrogens with zero attached hydrogens (tertiary/aromatic N) is 1. The Morgan fingerprint density at radius 2 is 1.19 bits per heavy atom. The largest absolute Gasteiger partial charge is 0.481 e. The average molecular weight is 418 g/mol. The lowest BCUT2D eigenvalue weighted by Crippen LogP contribution is -2.41. The van der Waals surface area contributed by atoms with Gasteiger partial charge in [-0.2, -0.15) is 0 Å². The first-order valence-corrected chi connectivity index (χ1v) is 10.4. The Bertz CT molecular complexity index is 903. The number of hydrogen-bond donors (Lipinski definition) is 1. The molecule has 3 rings (SSSR count). The molecule has 0 saturated heterocycles. The smallest absolute Gasteiger partial charge is 0.323 e. The van der Waals surface area contributed by atoms with E-state index < -0.39 is 18.0 Å². The van der Waals surface area contributed by atoms with E-state index in [1.54, 1.807) is 0 Å². The first-order valence-electron chi connectivity index (χ1n) is 10.4. The highest BCUT2D eigenvalue weighted by Gasteiger charge is 2.28. The lowest BCUT2D eigenvalue weighted by Gasteiger charge is -2.30. The molecule has 0 fully saturated rings. The summed E-state index contributed by atoms with van der Waals surface area (Å²) in [7, 11) is 0. The zero-order chi connectivity index (χ0) is 21.9. The molecule has 0 aliphatic heterocycles. The number of carboxylic acids is 1. The van der Waals surface area contributed by atoms with Crippen LogP contribution >= 0.6 is 0 Å². The van der Waals surface area contributed by atoms with Crippen molar-refractivity contribution in [3.05, 3.63) is 108 Å². The number of esters is 1. The molecular weight excluding hydrogens is 390 g/mol. The Morgan fingerprint density at radius 3 is 1.65 bits per heavy atom. The minimum Gasteiger partial charge on any atom is -0.481 e. The normalized spacial score (nSPS) is 11.8. The van der Waals surface area contributed by atoms with E-state index >= 15 is 0 Å². The topological polar surface area (TPSA) is 66.8 Å². The van der Waals surface area contributed by atoms with Crippen molar-refractivity contribution < 1.29 is 19.4 Å². The van der Waals surface area contributed by atoms with Gasteiger partial charge < -0.3 is 9.84 Å². The van der Waals surface area contributed by atoms with Gasteiger partial charge in [0.25, 0.3) is 0 Å². The number of ether oxygens (including phenoxy) is 1. The van der Waals surface area contributed by atoms with E-state index in [0.29, 0.717) is 13.1 Å². The third-order valence-electron chi connectivity index (χ3n) is 5.03. The summed E-state index contributed by atoms with van der Waals surface area (Å²) in [5, 5.41) is 9.24. The molecule has 5 heteroatoms. The van der Waals surface area contributed by atoms with Gasteiger partial charge in [-0.05, 0) is 23.1 Å². The van der Waals surface area contributed by atoms with Crippen LogP contribution in [-0.4, -0.2) is 28.0 Å². The molecular formula is C26H27NO4. The number of carbonyl (C=O) groups is 2. The molecule has 1 atom stereocenters. The summed E-state index contributed by atoms with van der Waals surface area (Å²) in [5.74, 6) is -1.34. The van der Waals surface area contributed by atoms with Crippen LogP contribution in [0.15, 0.2) is 91.0 Å². The molecule has 5 nitrogen and oxygen atoms in total. The van der Waals surface area contributed by atoms with Crippen LogP contribution < -0.4 is 0 Å². The summed E-state index contributed by atoms with van der Waals surface area (Å²) in [4.78, 5) is 26.4. The zero-order valence-electron chi connectivity index (χ0n) is 17.4. The quantitative estimate of drug-likeness (QED) is 0.460. The van der Waals surface area contributed by atoms with E-state index in [2.05, 4.69) is 0 Å². The van der Waals surface area contributed by atoms with Crippen molar-refractivity contribution in [2.45, 2.75) is 38.6 Å². The van der Waals surface area contributed by atoms with E-state index in [9.17, 15) is 14.7 Å². The van der Waals surface area contributed by atoms with E-state index in [1.807, 2.05) is 95.9 Å². The zero-order valence-corrected chi connectivity index (χ0v) is 17.4. The second-order valence-electron chi connectivity index (χ2n) is 7.42. The van der Waals surface area contributed by atoms with Gasteiger partial charge in [-0.15, -0.1) is 0 Å². The van der Waals surface area contributed by atoms with Gasteiger partial charge in [0.05, 0.1) is 0 Å². The molecule has 0 aliphatic rings. The SMILES string of the molecule is O=C(O)CC[C@@H](C(=O)OCc1ccccc1)N(Cc1ccccc1)Cc1ccccc1. The van der Waals surface area contributed by atoms with Gasteiger partial charge >= 0.3 is 11.9 Å². The molecule has 0 unspecified atom stereocenters. The van der Waals surface area contributed by atoms with Gasteiger partial charge in [-0.25, -0.2) is 0 Å². The second kappa shape index (κ2) is 11.7. The molecule has 3 aromatic carbocycles. The third kappa shape index (κ3) is 7.39. The molecule has 0 radical (unpaired) electrons. The van der Waals surface area contributed by atoms with Crippen molar-refractivity contribution in [3.8, 4) is 0 Å². The van der Waals surface area contributed by atoms with Gasteiger partial charge in [0.2, 0.25) is 0 Å². The van der Waals surface area contributed by atoms with Gasteiger partial charge in [0, 0.05) is 19.5 Å². The van der Waals surface area contributed by atoms with Crippen molar-refractivity contribution in [2.75, 3.05) is 0 Å². The molecule has 0 saturated carbocycles. The van der Waals surface area contributed by atoms with Crippen LogP contribution in [0.2, 0.25) is 0 Å². The molecule has 0 bridgehead atoms. The van der Waals surface area contributed by atoms with E-state index in [1.165, 1.54) is 0 Å². The van der Waals surface area contributed by atoms with E-state index in [0.717, 1.165) is 16.7 Å². The third-order valence-corrected chi connectivity index (χ3v) is 5.03. The predicted molar refractivity (Wildman–Crippen MR) is 119 cm³/mol. The van der Waals surface area contributed by atoms with Crippen LogP contribution in [0.25, 0.3) is 0 Å². The molecule has 3 aromatic rings.